The van der Waals surface area contributed by atoms with Crippen molar-refractivity contribution in [2.75, 3.05) is 0 Å². The topological polar surface area (TPSA) is 43.1 Å². The molecule has 0 saturated carbocycles. The molecule has 0 spiro atoms. The molecule has 0 N–H and O–H groups in total. The highest BCUT2D eigenvalue weighted by molar-refractivity contribution is 5.79. The summed E-state index contributed by atoms with van der Waals surface area (Å²) in [6.45, 7) is 11.2. The molecule has 0 atom stereocenters. The second-order valence-corrected chi connectivity index (χ2v) is 2.99. The summed E-state index contributed by atoms with van der Waals surface area (Å²) in [5.41, 5.74) is 0.787. The molecule has 0 aliphatic rings. The summed E-state index contributed by atoms with van der Waals surface area (Å²) >= 11 is 0. The fourth-order valence-corrected chi connectivity index (χ4v) is 1.42. The van der Waals surface area contributed by atoms with Gasteiger partial charge in [0.15, 0.2) is 5.58 Å². The fraction of sp³-hybridized carbons (Fsp3) is 0.143. The zero-order valence-electron chi connectivity index (χ0n) is 10.1. The summed E-state index contributed by atoms with van der Waals surface area (Å²) in [7, 11) is 0. The van der Waals surface area contributed by atoms with E-state index < -0.39 is 0 Å². The quantitative estimate of drug-likeness (QED) is 0.791. The van der Waals surface area contributed by atoms with Crippen LogP contribution in [0.1, 0.15) is 25.2 Å². The van der Waals surface area contributed by atoms with Crippen LogP contribution in [0.3, 0.4) is 0 Å². The zero-order chi connectivity index (χ0) is 12.8. The van der Waals surface area contributed by atoms with Gasteiger partial charge in [-0.2, -0.15) is 0 Å². The maximum Gasteiger partial charge on any atom is 0.200 e. The van der Waals surface area contributed by atoms with Crippen LogP contribution in [0.25, 0.3) is 23.1 Å². The highest BCUT2D eigenvalue weighted by Gasteiger charge is 2.08. The lowest BCUT2D eigenvalue weighted by atomic mass is 10.1. The third-order valence-electron chi connectivity index (χ3n) is 2.15. The molecule has 0 bridgehead atoms. The lowest BCUT2D eigenvalue weighted by molar-refractivity contribution is 0.587. The van der Waals surface area contributed by atoms with E-state index in [1.807, 2.05) is 13.8 Å². The van der Waals surface area contributed by atoms with E-state index in [1.54, 1.807) is 12.3 Å². The predicted molar refractivity (Wildman–Crippen MR) is 71.8 cm³/mol. The van der Waals surface area contributed by atoms with Crippen LogP contribution in [0.2, 0.25) is 0 Å². The van der Waals surface area contributed by atoms with Gasteiger partial charge in [0.25, 0.3) is 0 Å². The summed E-state index contributed by atoms with van der Waals surface area (Å²) in [5, 5.41) is 0.505. The summed E-state index contributed by atoms with van der Waals surface area (Å²) in [6.07, 6.45) is 6.03. The molecule has 88 valence electrons. The Morgan fingerprint density at radius 1 is 1.29 bits per heavy atom. The molecule has 0 aliphatic heterocycles. The van der Waals surface area contributed by atoms with Crippen LogP contribution in [0, 0.1) is 0 Å². The average Bonchev–Trinajstić information content (AvgIpc) is 2.41. The molecule has 2 aromatic rings. The minimum Gasteiger partial charge on any atom is -0.454 e. The van der Waals surface area contributed by atoms with Gasteiger partial charge in [-0.15, -0.1) is 0 Å². The van der Waals surface area contributed by atoms with Crippen LogP contribution < -0.4 is 5.43 Å². The second kappa shape index (κ2) is 5.80. The Morgan fingerprint density at radius 2 is 2.00 bits per heavy atom. The molecule has 0 radical (unpaired) electrons. The second-order valence-electron chi connectivity index (χ2n) is 2.99. The van der Waals surface area contributed by atoms with E-state index in [9.17, 15) is 4.79 Å². The van der Waals surface area contributed by atoms with Gasteiger partial charge >= 0.3 is 0 Å². The van der Waals surface area contributed by atoms with Gasteiger partial charge in [0, 0.05) is 6.20 Å². The molecule has 2 aromatic heterocycles. The van der Waals surface area contributed by atoms with Gasteiger partial charge in [-0.3, -0.25) is 9.78 Å². The molecule has 0 aromatic carbocycles. The van der Waals surface area contributed by atoms with Gasteiger partial charge in [0.2, 0.25) is 5.43 Å². The summed E-state index contributed by atoms with van der Waals surface area (Å²) in [4.78, 5) is 15.8. The van der Waals surface area contributed by atoms with Crippen molar-refractivity contribution in [1.82, 2.24) is 4.98 Å². The highest BCUT2D eigenvalue weighted by Crippen LogP contribution is 2.15. The first-order valence-electron chi connectivity index (χ1n) is 5.43. The van der Waals surface area contributed by atoms with Gasteiger partial charge < -0.3 is 4.42 Å². The maximum atomic E-state index is 11.9. The number of rotatable bonds is 2. The van der Waals surface area contributed by atoms with Crippen molar-refractivity contribution in [2.45, 2.75) is 13.8 Å². The van der Waals surface area contributed by atoms with E-state index in [2.05, 4.69) is 18.1 Å². The summed E-state index contributed by atoms with van der Waals surface area (Å²) in [5.74, 6) is 0.426. The van der Waals surface area contributed by atoms with E-state index in [1.165, 1.54) is 18.3 Å². The minimum absolute atomic E-state index is 0.108. The van der Waals surface area contributed by atoms with E-state index in [0.717, 1.165) is 0 Å². The highest BCUT2D eigenvalue weighted by atomic mass is 16.3. The number of fused-ring (bicyclic) bond motifs is 1. The summed E-state index contributed by atoms with van der Waals surface area (Å²) in [6, 6.07) is 1.63. The minimum atomic E-state index is -0.108. The molecule has 0 amide bonds. The van der Waals surface area contributed by atoms with Crippen LogP contribution in [0.4, 0.5) is 0 Å². The normalized spacial score (nSPS) is 9.29. The van der Waals surface area contributed by atoms with Crippen LogP contribution >= 0.6 is 0 Å². The van der Waals surface area contributed by atoms with Gasteiger partial charge in [-0.05, 0) is 12.1 Å². The van der Waals surface area contributed by atoms with Crippen LogP contribution in [-0.4, -0.2) is 4.98 Å². The SMILES string of the molecule is C=Cc1oc2cnccc2c(=O)c1C=C.CC. The maximum absolute atomic E-state index is 11.9. The van der Waals surface area contributed by atoms with Gasteiger partial charge in [0.1, 0.15) is 5.76 Å². The Balaban J connectivity index is 0.000000686. The molecule has 0 aliphatic carbocycles. The number of nitrogens with zero attached hydrogens (tertiary/aromatic N) is 1. The molecule has 2 rings (SSSR count). The standard InChI is InChI=1S/C12H9NO2.C2H6/c1-3-8-10(4-2)15-11-7-13-6-5-9(11)12(8)14;1-2/h3-7H,1-2H2;1-2H3. The lowest BCUT2D eigenvalue weighted by Crippen LogP contribution is -2.07. The molecule has 0 unspecified atom stereocenters. The van der Waals surface area contributed by atoms with Gasteiger partial charge in [-0.25, -0.2) is 0 Å². The van der Waals surface area contributed by atoms with E-state index in [4.69, 9.17) is 4.42 Å². The average molecular weight is 229 g/mol. The molecule has 0 saturated heterocycles. The van der Waals surface area contributed by atoms with Crippen molar-refractivity contribution in [2.24, 2.45) is 0 Å². The lowest BCUT2D eigenvalue weighted by Gasteiger charge is -2.01. The molecular weight excluding hydrogens is 214 g/mol. The van der Waals surface area contributed by atoms with Crippen LogP contribution in [0.15, 0.2) is 40.8 Å². The third kappa shape index (κ3) is 2.33. The Labute approximate surface area is 100 Å². The van der Waals surface area contributed by atoms with Gasteiger partial charge in [0.05, 0.1) is 17.1 Å². The molecule has 17 heavy (non-hydrogen) atoms. The first kappa shape index (κ1) is 12.9. The largest absolute Gasteiger partial charge is 0.454 e. The van der Waals surface area contributed by atoms with Gasteiger partial charge in [-0.1, -0.05) is 33.1 Å². The number of pyridine rings is 1. The smallest absolute Gasteiger partial charge is 0.200 e. The molecule has 3 nitrogen and oxygen atoms in total. The van der Waals surface area contributed by atoms with Crippen molar-refractivity contribution in [3.63, 3.8) is 0 Å². The first-order valence-corrected chi connectivity index (χ1v) is 5.43. The fourth-order valence-electron chi connectivity index (χ4n) is 1.42. The molecular formula is C14H15NO2. The predicted octanol–water partition coefficient (Wildman–Crippen LogP) is 3.50. The summed E-state index contributed by atoms with van der Waals surface area (Å²) < 4.78 is 5.46. The van der Waals surface area contributed by atoms with E-state index >= 15 is 0 Å². The number of hydrogen-bond acceptors (Lipinski definition) is 3. The zero-order valence-corrected chi connectivity index (χ0v) is 10.1. The van der Waals surface area contributed by atoms with E-state index in [-0.39, 0.29) is 5.43 Å². The Kier molecular flexibility index (Phi) is 4.40. The van der Waals surface area contributed by atoms with Crippen molar-refractivity contribution in [1.29, 1.82) is 0 Å². The van der Waals surface area contributed by atoms with Crippen molar-refractivity contribution in [3.05, 3.63) is 53.2 Å². The first-order chi connectivity index (χ1) is 8.27. The Morgan fingerprint density at radius 3 is 2.59 bits per heavy atom. The van der Waals surface area contributed by atoms with Crippen LogP contribution in [0.5, 0.6) is 0 Å². The Bertz CT molecular complexity index is 597. The van der Waals surface area contributed by atoms with Crippen molar-refractivity contribution >= 4 is 23.1 Å². The monoisotopic (exact) mass is 229 g/mol. The van der Waals surface area contributed by atoms with Crippen molar-refractivity contribution in [3.8, 4) is 0 Å². The number of hydrogen-bond donors (Lipinski definition) is 0. The Hall–Kier alpha value is -2.16. The molecule has 2 heterocycles. The van der Waals surface area contributed by atoms with Crippen LogP contribution in [-0.2, 0) is 0 Å². The van der Waals surface area contributed by atoms with E-state index in [0.29, 0.717) is 22.3 Å². The molecule has 0 fully saturated rings. The number of aromatic nitrogens is 1. The molecule has 3 heteroatoms. The van der Waals surface area contributed by atoms with Crippen molar-refractivity contribution < 1.29 is 4.42 Å². The third-order valence-corrected chi connectivity index (χ3v) is 2.15.